The van der Waals surface area contributed by atoms with E-state index < -0.39 is 0 Å². The predicted octanol–water partition coefficient (Wildman–Crippen LogP) is 4.70. The lowest BCUT2D eigenvalue weighted by molar-refractivity contribution is -0.909. The molecule has 0 bridgehead atoms. The third-order valence-corrected chi connectivity index (χ3v) is 6.91. The summed E-state index contributed by atoms with van der Waals surface area (Å²) < 4.78 is 2.73. The summed E-state index contributed by atoms with van der Waals surface area (Å²) in [4.78, 5) is 8.11. The Labute approximate surface area is 217 Å². The highest BCUT2D eigenvalue weighted by Crippen LogP contribution is 2.40. The second kappa shape index (κ2) is 9.48. The normalized spacial score (nSPS) is 13.8. The Balaban J connectivity index is 1.37. The van der Waals surface area contributed by atoms with Gasteiger partial charge in [0.15, 0.2) is 0 Å². The molecule has 0 amide bonds. The molecular formula is C27H22ClN8O+. The molecule has 0 radical (unpaired) electrons. The molecule has 1 aliphatic carbocycles. The monoisotopic (exact) mass is 509 g/mol. The Morgan fingerprint density at radius 1 is 1.16 bits per heavy atom. The molecule has 6 rings (SSSR count). The molecule has 1 aliphatic rings. The van der Waals surface area contributed by atoms with Gasteiger partial charge in [0.1, 0.15) is 18.1 Å². The SMILES string of the molecule is N#Cc1cccc(-c2cnc(C(CC3CC3)c3ccc(-c4cc(Cl)ccc4-n4cnnn4)c[n+]3O)[nH]2)c1. The van der Waals surface area contributed by atoms with Crippen LogP contribution in [0, 0.1) is 17.2 Å². The molecule has 1 unspecified atom stereocenters. The number of hydrogen-bond donors (Lipinski definition) is 2. The summed E-state index contributed by atoms with van der Waals surface area (Å²) in [5.41, 5.74) is 5.34. The molecule has 0 aliphatic heterocycles. The third-order valence-electron chi connectivity index (χ3n) is 6.68. The third kappa shape index (κ3) is 4.67. The van der Waals surface area contributed by atoms with Gasteiger partial charge in [-0.25, -0.2) is 4.98 Å². The number of imidazole rings is 1. The molecule has 0 spiro atoms. The molecule has 182 valence electrons. The predicted molar refractivity (Wildman–Crippen MR) is 135 cm³/mol. The van der Waals surface area contributed by atoms with E-state index in [1.54, 1.807) is 29.2 Å². The van der Waals surface area contributed by atoms with Gasteiger partial charge in [0.2, 0.25) is 11.9 Å². The minimum absolute atomic E-state index is 0.127. The number of hydrogen-bond acceptors (Lipinski definition) is 6. The number of nitriles is 1. The summed E-state index contributed by atoms with van der Waals surface area (Å²) in [6.07, 6.45) is 8.20. The molecule has 1 fully saturated rings. The summed E-state index contributed by atoms with van der Waals surface area (Å²) in [6.45, 7) is 0. The largest absolute Gasteiger partial charge is 0.341 e. The Hall–Kier alpha value is -4.55. The van der Waals surface area contributed by atoms with E-state index in [1.165, 1.54) is 23.9 Å². The summed E-state index contributed by atoms with van der Waals surface area (Å²) in [5, 5.41) is 32.4. The minimum atomic E-state index is -0.127. The zero-order valence-corrected chi connectivity index (χ0v) is 20.4. The van der Waals surface area contributed by atoms with Crippen molar-refractivity contribution >= 4 is 11.6 Å². The highest BCUT2D eigenvalue weighted by Gasteiger charge is 2.34. The molecule has 3 heterocycles. The molecule has 3 aromatic heterocycles. The number of aromatic amines is 1. The Morgan fingerprint density at radius 3 is 2.81 bits per heavy atom. The van der Waals surface area contributed by atoms with Crippen LogP contribution < -0.4 is 4.73 Å². The maximum Gasteiger partial charge on any atom is 0.244 e. The van der Waals surface area contributed by atoms with Gasteiger partial charge in [0.25, 0.3) is 0 Å². The smallest absolute Gasteiger partial charge is 0.244 e. The first-order valence-corrected chi connectivity index (χ1v) is 12.3. The zero-order chi connectivity index (χ0) is 25.4. The maximum atomic E-state index is 11.2. The van der Waals surface area contributed by atoms with Crippen molar-refractivity contribution in [3.8, 4) is 34.1 Å². The number of aromatic nitrogens is 7. The lowest BCUT2D eigenvalue weighted by Crippen LogP contribution is -2.37. The number of H-pyrrole nitrogens is 1. The van der Waals surface area contributed by atoms with Crippen LogP contribution in [-0.4, -0.2) is 35.4 Å². The van der Waals surface area contributed by atoms with Gasteiger partial charge in [-0.1, -0.05) is 36.6 Å². The van der Waals surface area contributed by atoms with Crippen LogP contribution in [0.2, 0.25) is 5.02 Å². The minimum Gasteiger partial charge on any atom is -0.341 e. The first-order valence-electron chi connectivity index (χ1n) is 11.9. The fourth-order valence-electron chi connectivity index (χ4n) is 4.62. The number of rotatable bonds is 7. The van der Waals surface area contributed by atoms with Crippen molar-refractivity contribution in [3.05, 3.63) is 95.4 Å². The van der Waals surface area contributed by atoms with Crippen molar-refractivity contribution < 1.29 is 9.94 Å². The fourth-order valence-corrected chi connectivity index (χ4v) is 4.80. The van der Waals surface area contributed by atoms with Crippen LogP contribution in [0.1, 0.15) is 42.3 Å². The van der Waals surface area contributed by atoms with E-state index >= 15 is 0 Å². The lowest BCUT2D eigenvalue weighted by atomic mass is 9.95. The lowest BCUT2D eigenvalue weighted by Gasteiger charge is -2.13. The topological polar surface area (TPSA) is 120 Å². The van der Waals surface area contributed by atoms with Gasteiger partial charge in [0, 0.05) is 26.9 Å². The second-order valence-corrected chi connectivity index (χ2v) is 9.65. The highest BCUT2D eigenvalue weighted by atomic mass is 35.5. The summed E-state index contributed by atoms with van der Waals surface area (Å²) in [6, 6.07) is 18.9. The number of halogens is 1. The average Bonchev–Trinajstić information content (AvgIpc) is 3.36. The van der Waals surface area contributed by atoms with E-state index in [-0.39, 0.29) is 5.92 Å². The van der Waals surface area contributed by atoms with E-state index in [4.69, 9.17) is 11.6 Å². The van der Waals surface area contributed by atoms with E-state index in [9.17, 15) is 10.5 Å². The Bertz CT molecular complexity index is 1620. The van der Waals surface area contributed by atoms with Crippen molar-refractivity contribution in [2.75, 3.05) is 0 Å². The van der Waals surface area contributed by atoms with Gasteiger partial charge >= 0.3 is 0 Å². The Morgan fingerprint density at radius 2 is 2.05 bits per heavy atom. The summed E-state index contributed by atoms with van der Waals surface area (Å²) in [5.74, 6) is 1.24. The number of nitrogens with one attached hydrogen (secondary N) is 1. The van der Waals surface area contributed by atoms with Crippen molar-refractivity contribution in [1.82, 2.24) is 30.2 Å². The fraction of sp³-hybridized carbons (Fsp3) is 0.185. The van der Waals surface area contributed by atoms with Crippen LogP contribution in [-0.2, 0) is 0 Å². The molecule has 10 heteroatoms. The number of benzene rings is 2. The van der Waals surface area contributed by atoms with Crippen molar-refractivity contribution in [2.24, 2.45) is 5.92 Å². The molecule has 2 aromatic carbocycles. The molecule has 2 N–H and O–H groups in total. The summed E-state index contributed by atoms with van der Waals surface area (Å²) >= 11 is 6.31. The van der Waals surface area contributed by atoms with E-state index in [2.05, 4.69) is 31.6 Å². The molecule has 37 heavy (non-hydrogen) atoms. The van der Waals surface area contributed by atoms with Crippen molar-refractivity contribution in [1.29, 1.82) is 5.26 Å². The van der Waals surface area contributed by atoms with Gasteiger partial charge in [-0.15, -0.1) is 5.10 Å². The number of tetrazole rings is 1. The van der Waals surface area contributed by atoms with Gasteiger partial charge in [-0.3, -0.25) is 5.21 Å². The van der Waals surface area contributed by atoms with E-state index in [0.29, 0.717) is 16.5 Å². The van der Waals surface area contributed by atoms with Crippen molar-refractivity contribution in [3.63, 3.8) is 0 Å². The van der Waals surface area contributed by atoms with Crippen LogP contribution in [0.15, 0.2) is 73.3 Å². The van der Waals surface area contributed by atoms with E-state index in [1.807, 2.05) is 42.5 Å². The molecule has 9 nitrogen and oxygen atoms in total. The van der Waals surface area contributed by atoms with E-state index in [0.717, 1.165) is 46.0 Å². The van der Waals surface area contributed by atoms with Crippen LogP contribution in [0.5, 0.6) is 0 Å². The quantitative estimate of drug-likeness (QED) is 0.242. The number of nitrogens with zero attached hydrogens (tertiary/aromatic N) is 7. The Kier molecular flexibility index (Phi) is 5.87. The second-order valence-electron chi connectivity index (χ2n) is 9.21. The number of pyridine rings is 1. The van der Waals surface area contributed by atoms with Crippen LogP contribution in [0.4, 0.5) is 0 Å². The molecule has 1 atom stereocenters. The van der Waals surface area contributed by atoms with Crippen LogP contribution in [0.25, 0.3) is 28.1 Å². The van der Waals surface area contributed by atoms with Gasteiger partial charge in [-0.05, 0) is 59.2 Å². The average molecular weight is 510 g/mol. The van der Waals surface area contributed by atoms with Gasteiger partial charge < -0.3 is 4.98 Å². The van der Waals surface area contributed by atoms with Crippen LogP contribution >= 0.6 is 11.6 Å². The molecule has 0 saturated heterocycles. The highest BCUT2D eigenvalue weighted by molar-refractivity contribution is 6.31. The zero-order valence-electron chi connectivity index (χ0n) is 19.7. The van der Waals surface area contributed by atoms with Gasteiger partial charge in [-0.2, -0.15) is 9.94 Å². The first-order chi connectivity index (χ1) is 18.1. The molecule has 5 aromatic rings. The molecular weight excluding hydrogens is 488 g/mol. The van der Waals surface area contributed by atoms with Gasteiger partial charge in [0.05, 0.1) is 34.8 Å². The summed E-state index contributed by atoms with van der Waals surface area (Å²) in [7, 11) is 0. The van der Waals surface area contributed by atoms with Crippen molar-refractivity contribution in [2.45, 2.75) is 25.2 Å². The maximum absolute atomic E-state index is 11.2. The molecule has 1 saturated carbocycles. The standard InChI is InChI=1S/C27H22ClN8O/c28-21-7-9-25(35-16-31-33-34-35)22(12-21)20-6-8-26(36(37)15-20)23(11-17-4-5-17)27-30-14-24(32-27)19-3-1-2-18(10-19)13-29/h1-3,6-10,12,14-17,23,37H,4-5,11H2,(H,30,32)/q+1. The van der Waals surface area contributed by atoms with Crippen LogP contribution in [0.3, 0.4) is 0 Å². The first kappa shape index (κ1) is 22.9.